The van der Waals surface area contributed by atoms with Crippen LogP contribution < -0.4 is 5.32 Å². The number of halogens is 3. The van der Waals surface area contributed by atoms with Gasteiger partial charge in [-0.2, -0.15) is 0 Å². The zero-order chi connectivity index (χ0) is 23.7. The van der Waals surface area contributed by atoms with Crippen LogP contribution in [-0.2, 0) is 6.54 Å². The standard InChI is InChI=1S/C26H22ClF2N3O2/c27-21-13-19(29)10-7-17(21)14-30-26(33)23-12-11-22(34-23)25-24(16-5-8-18(28)9-6-16)31-15-32(25)20-3-1-2-4-20/h5-13,15,20H,1-4,14H2,(H,30,33). The number of nitrogens with zero attached hydrogens (tertiary/aromatic N) is 2. The molecule has 0 saturated heterocycles. The van der Waals surface area contributed by atoms with Gasteiger partial charge in [0.1, 0.15) is 17.3 Å². The molecule has 1 saturated carbocycles. The van der Waals surface area contributed by atoms with Gasteiger partial charge in [0.25, 0.3) is 5.91 Å². The maximum Gasteiger partial charge on any atom is 0.287 e. The van der Waals surface area contributed by atoms with Crippen molar-refractivity contribution in [1.82, 2.24) is 14.9 Å². The lowest BCUT2D eigenvalue weighted by molar-refractivity contribution is 0.0924. The van der Waals surface area contributed by atoms with Gasteiger partial charge in [0.05, 0.1) is 12.0 Å². The molecular weight excluding hydrogens is 460 g/mol. The summed E-state index contributed by atoms with van der Waals surface area (Å²) in [5.74, 6) is -0.529. The maximum atomic E-state index is 13.5. The van der Waals surface area contributed by atoms with E-state index in [1.165, 1.54) is 30.3 Å². The lowest BCUT2D eigenvalue weighted by atomic mass is 10.1. The van der Waals surface area contributed by atoms with Crippen molar-refractivity contribution in [2.75, 3.05) is 0 Å². The van der Waals surface area contributed by atoms with E-state index in [9.17, 15) is 13.6 Å². The molecule has 0 unspecified atom stereocenters. The third kappa shape index (κ3) is 4.48. The molecule has 5 nitrogen and oxygen atoms in total. The number of imidazole rings is 1. The zero-order valence-electron chi connectivity index (χ0n) is 18.2. The molecule has 1 aliphatic carbocycles. The van der Waals surface area contributed by atoms with Gasteiger partial charge in [0, 0.05) is 23.2 Å². The summed E-state index contributed by atoms with van der Waals surface area (Å²) < 4.78 is 34.8. The highest BCUT2D eigenvalue weighted by Gasteiger charge is 2.26. The molecular formula is C26H22ClF2N3O2. The first-order valence-electron chi connectivity index (χ1n) is 11.1. The fourth-order valence-corrected chi connectivity index (χ4v) is 4.63. The van der Waals surface area contributed by atoms with Crippen LogP contribution >= 0.6 is 11.6 Å². The van der Waals surface area contributed by atoms with Crippen molar-refractivity contribution in [3.63, 3.8) is 0 Å². The average molecular weight is 482 g/mol. The van der Waals surface area contributed by atoms with Crippen LogP contribution in [0.3, 0.4) is 0 Å². The van der Waals surface area contributed by atoms with Gasteiger partial charge < -0.3 is 14.3 Å². The molecule has 5 rings (SSSR count). The number of amides is 1. The van der Waals surface area contributed by atoms with E-state index < -0.39 is 11.7 Å². The third-order valence-corrected chi connectivity index (χ3v) is 6.50. The molecule has 1 amide bonds. The van der Waals surface area contributed by atoms with E-state index in [-0.39, 0.29) is 23.1 Å². The first-order valence-corrected chi connectivity index (χ1v) is 11.5. The highest BCUT2D eigenvalue weighted by molar-refractivity contribution is 6.31. The largest absolute Gasteiger partial charge is 0.449 e. The monoisotopic (exact) mass is 481 g/mol. The minimum absolute atomic E-state index is 0.134. The number of hydrogen-bond donors (Lipinski definition) is 1. The van der Waals surface area contributed by atoms with E-state index >= 15 is 0 Å². The van der Waals surface area contributed by atoms with E-state index in [2.05, 4.69) is 14.9 Å². The van der Waals surface area contributed by atoms with Gasteiger partial charge >= 0.3 is 0 Å². The van der Waals surface area contributed by atoms with Gasteiger partial charge in [0.2, 0.25) is 0 Å². The molecule has 1 aliphatic rings. The van der Waals surface area contributed by atoms with Gasteiger partial charge in [-0.15, -0.1) is 0 Å². The molecule has 8 heteroatoms. The lowest BCUT2D eigenvalue weighted by Gasteiger charge is -2.15. The average Bonchev–Trinajstić information content (AvgIpc) is 3.58. The Bertz CT molecular complexity index is 1320. The predicted octanol–water partition coefficient (Wildman–Crippen LogP) is 6.79. The van der Waals surface area contributed by atoms with Crippen LogP contribution in [0.25, 0.3) is 22.7 Å². The highest BCUT2D eigenvalue weighted by atomic mass is 35.5. The molecule has 34 heavy (non-hydrogen) atoms. The molecule has 2 aromatic heterocycles. The molecule has 2 aromatic carbocycles. The fourth-order valence-electron chi connectivity index (χ4n) is 4.40. The van der Waals surface area contributed by atoms with Crippen LogP contribution in [0.4, 0.5) is 8.78 Å². The first-order chi connectivity index (χ1) is 16.5. The summed E-state index contributed by atoms with van der Waals surface area (Å²) in [4.78, 5) is 17.3. The smallest absolute Gasteiger partial charge is 0.287 e. The summed E-state index contributed by atoms with van der Waals surface area (Å²) in [7, 11) is 0. The summed E-state index contributed by atoms with van der Waals surface area (Å²) in [6.45, 7) is 0.134. The summed E-state index contributed by atoms with van der Waals surface area (Å²) in [6, 6.07) is 13.8. The number of hydrogen-bond acceptors (Lipinski definition) is 3. The summed E-state index contributed by atoms with van der Waals surface area (Å²) in [5.41, 5.74) is 2.80. The van der Waals surface area contributed by atoms with E-state index in [1.54, 1.807) is 30.6 Å². The van der Waals surface area contributed by atoms with Crippen LogP contribution in [-0.4, -0.2) is 15.5 Å². The van der Waals surface area contributed by atoms with Gasteiger partial charge in [0.15, 0.2) is 11.5 Å². The minimum Gasteiger partial charge on any atom is -0.449 e. The van der Waals surface area contributed by atoms with Crippen LogP contribution in [0.5, 0.6) is 0 Å². The quantitative estimate of drug-likeness (QED) is 0.330. The summed E-state index contributed by atoms with van der Waals surface area (Å²) in [6.07, 6.45) is 6.16. The van der Waals surface area contributed by atoms with Crippen molar-refractivity contribution >= 4 is 17.5 Å². The summed E-state index contributed by atoms with van der Waals surface area (Å²) >= 11 is 6.05. The topological polar surface area (TPSA) is 60.1 Å². The molecule has 1 fully saturated rings. The zero-order valence-corrected chi connectivity index (χ0v) is 19.0. The third-order valence-electron chi connectivity index (χ3n) is 6.15. The number of aromatic nitrogens is 2. The number of nitrogens with one attached hydrogen (secondary N) is 1. The molecule has 0 radical (unpaired) electrons. The van der Waals surface area contributed by atoms with Gasteiger partial charge in [-0.3, -0.25) is 4.79 Å². The Kier molecular flexibility index (Phi) is 6.20. The maximum absolute atomic E-state index is 13.5. The molecule has 0 spiro atoms. The van der Waals surface area contributed by atoms with Crippen molar-refractivity contribution in [2.24, 2.45) is 0 Å². The van der Waals surface area contributed by atoms with Gasteiger partial charge in [-0.05, 0) is 66.9 Å². The van der Waals surface area contributed by atoms with Crippen LogP contribution in [0, 0.1) is 11.6 Å². The normalized spacial score (nSPS) is 14.0. The van der Waals surface area contributed by atoms with E-state index in [1.807, 2.05) is 0 Å². The molecule has 0 aliphatic heterocycles. The first kappa shape index (κ1) is 22.3. The van der Waals surface area contributed by atoms with Crippen molar-refractivity contribution in [3.8, 4) is 22.7 Å². The van der Waals surface area contributed by atoms with Crippen LogP contribution in [0.15, 0.2) is 65.3 Å². The number of benzene rings is 2. The molecule has 2 heterocycles. The fraction of sp³-hybridized carbons (Fsp3) is 0.231. The highest BCUT2D eigenvalue weighted by Crippen LogP contribution is 2.39. The van der Waals surface area contributed by atoms with E-state index in [0.29, 0.717) is 23.1 Å². The van der Waals surface area contributed by atoms with Crippen molar-refractivity contribution in [2.45, 2.75) is 38.3 Å². The molecule has 0 atom stereocenters. The second-order valence-corrected chi connectivity index (χ2v) is 8.78. The van der Waals surface area contributed by atoms with Crippen molar-refractivity contribution in [3.05, 3.63) is 88.9 Å². The second kappa shape index (κ2) is 9.43. The Hall–Kier alpha value is -3.45. The van der Waals surface area contributed by atoms with Crippen molar-refractivity contribution < 1.29 is 18.0 Å². The number of furan rings is 1. The Labute approximate surface area is 200 Å². The Morgan fingerprint density at radius 3 is 2.53 bits per heavy atom. The van der Waals surface area contributed by atoms with Gasteiger partial charge in [-0.25, -0.2) is 13.8 Å². The summed E-state index contributed by atoms with van der Waals surface area (Å²) in [5, 5.41) is 2.99. The molecule has 4 aromatic rings. The van der Waals surface area contributed by atoms with Crippen LogP contribution in [0.2, 0.25) is 5.02 Å². The van der Waals surface area contributed by atoms with Crippen LogP contribution in [0.1, 0.15) is 47.8 Å². The minimum atomic E-state index is -0.438. The van der Waals surface area contributed by atoms with E-state index in [0.717, 1.165) is 36.9 Å². The number of carbonyl (C=O) groups is 1. The van der Waals surface area contributed by atoms with E-state index in [4.69, 9.17) is 16.0 Å². The number of rotatable bonds is 6. The second-order valence-electron chi connectivity index (χ2n) is 8.38. The Morgan fingerprint density at radius 2 is 1.79 bits per heavy atom. The number of carbonyl (C=O) groups excluding carboxylic acids is 1. The lowest BCUT2D eigenvalue weighted by Crippen LogP contribution is -2.22. The Morgan fingerprint density at radius 1 is 1.06 bits per heavy atom. The SMILES string of the molecule is O=C(NCc1ccc(F)cc1Cl)c1ccc(-c2c(-c3ccc(F)cc3)ncn2C2CCCC2)o1. The van der Waals surface area contributed by atoms with Gasteiger partial charge in [-0.1, -0.05) is 30.5 Å². The molecule has 174 valence electrons. The molecule has 0 bridgehead atoms. The molecule has 1 N–H and O–H groups in total. The van der Waals surface area contributed by atoms with Crippen molar-refractivity contribution in [1.29, 1.82) is 0 Å². The Balaban J connectivity index is 1.43. The predicted molar refractivity (Wildman–Crippen MR) is 125 cm³/mol.